The lowest BCUT2D eigenvalue weighted by Crippen LogP contribution is -2.41. The molecule has 0 heterocycles. The van der Waals surface area contributed by atoms with Crippen LogP contribution in [0.5, 0.6) is 0 Å². The molecular weight excluding hydrogens is 230 g/mol. The highest BCUT2D eigenvalue weighted by atomic mass is 16.5. The van der Waals surface area contributed by atoms with Crippen molar-refractivity contribution in [3.63, 3.8) is 0 Å². The fourth-order valence-electron chi connectivity index (χ4n) is 0.951. The molecule has 1 unspecified atom stereocenters. The number of hydrogen-bond acceptors (Lipinski definition) is 4. The van der Waals surface area contributed by atoms with Crippen LogP contribution in [-0.2, 0) is 14.3 Å². The molecule has 0 aromatic carbocycles. The van der Waals surface area contributed by atoms with E-state index < -0.39 is 24.1 Å². The SMILES string of the molecule is CC(C)COC(=O)NC(CCC(=O)O)C(=O)O. The molecule has 7 heteroatoms. The molecule has 0 aromatic rings. The van der Waals surface area contributed by atoms with Gasteiger partial charge in [-0.2, -0.15) is 0 Å². The van der Waals surface area contributed by atoms with Crippen molar-refractivity contribution >= 4 is 18.0 Å². The molecule has 1 atom stereocenters. The molecule has 0 saturated heterocycles. The summed E-state index contributed by atoms with van der Waals surface area (Å²) < 4.78 is 4.73. The quantitative estimate of drug-likeness (QED) is 0.610. The number of carbonyl (C=O) groups is 3. The van der Waals surface area contributed by atoms with E-state index in [1.54, 1.807) is 0 Å². The summed E-state index contributed by atoms with van der Waals surface area (Å²) in [5.41, 5.74) is 0. The van der Waals surface area contributed by atoms with Gasteiger partial charge in [0, 0.05) is 6.42 Å². The molecule has 17 heavy (non-hydrogen) atoms. The summed E-state index contributed by atoms with van der Waals surface area (Å²) in [6, 6.07) is -1.24. The van der Waals surface area contributed by atoms with Gasteiger partial charge >= 0.3 is 18.0 Å². The number of ether oxygens (including phenoxy) is 1. The van der Waals surface area contributed by atoms with Crippen molar-refractivity contribution in [1.29, 1.82) is 0 Å². The normalized spacial score (nSPS) is 11.9. The average Bonchev–Trinajstić information content (AvgIpc) is 2.20. The number of rotatable bonds is 7. The number of alkyl carbamates (subject to hydrolysis) is 1. The van der Waals surface area contributed by atoms with Gasteiger partial charge in [-0.15, -0.1) is 0 Å². The van der Waals surface area contributed by atoms with Gasteiger partial charge in [0.15, 0.2) is 0 Å². The summed E-state index contributed by atoms with van der Waals surface area (Å²) in [4.78, 5) is 32.2. The zero-order valence-electron chi connectivity index (χ0n) is 9.80. The highest BCUT2D eigenvalue weighted by molar-refractivity contribution is 5.80. The number of carbonyl (C=O) groups excluding carboxylic acids is 1. The van der Waals surface area contributed by atoms with Crippen molar-refractivity contribution in [3.8, 4) is 0 Å². The number of hydrogen-bond donors (Lipinski definition) is 3. The Morgan fingerprint density at radius 3 is 2.24 bits per heavy atom. The Morgan fingerprint density at radius 1 is 1.24 bits per heavy atom. The van der Waals surface area contributed by atoms with Crippen molar-refractivity contribution in [2.24, 2.45) is 5.92 Å². The molecule has 0 spiro atoms. The smallest absolute Gasteiger partial charge is 0.407 e. The predicted molar refractivity (Wildman–Crippen MR) is 57.6 cm³/mol. The Hall–Kier alpha value is -1.79. The molecule has 0 aliphatic rings. The molecule has 0 saturated carbocycles. The first-order valence-corrected chi connectivity index (χ1v) is 5.20. The maximum absolute atomic E-state index is 11.2. The Bertz CT molecular complexity index is 289. The average molecular weight is 247 g/mol. The topological polar surface area (TPSA) is 113 Å². The number of amides is 1. The molecule has 3 N–H and O–H groups in total. The number of aliphatic carboxylic acids is 2. The lowest BCUT2D eigenvalue weighted by Gasteiger charge is -2.14. The second-order valence-electron chi connectivity index (χ2n) is 3.96. The van der Waals surface area contributed by atoms with E-state index in [2.05, 4.69) is 5.32 Å². The van der Waals surface area contributed by atoms with Gasteiger partial charge in [0.2, 0.25) is 0 Å². The van der Waals surface area contributed by atoms with Crippen LogP contribution in [0.2, 0.25) is 0 Å². The lowest BCUT2D eigenvalue weighted by molar-refractivity contribution is -0.140. The third kappa shape index (κ3) is 8.06. The van der Waals surface area contributed by atoms with Gasteiger partial charge < -0.3 is 20.3 Å². The molecular formula is C10H17NO6. The first-order valence-electron chi connectivity index (χ1n) is 5.20. The third-order valence-corrected chi connectivity index (χ3v) is 1.78. The second kappa shape index (κ2) is 7.48. The molecule has 0 radical (unpaired) electrons. The molecule has 0 rings (SSSR count). The van der Waals surface area contributed by atoms with Crippen molar-refractivity contribution in [2.75, 3.05) is 6.61 Å². The molecule has 0 aromatic heterocycles. The van der Waals surface area contributed by atoms with Crippen LogP contribution in [0.1, 0.15) is 26.7 Å². The molecule has 7 nitrogen and oxygen atoms in total. The minimum Gasteiger partial charge on any atom is -0.481 e. The van der Waals surface area contributed by atoms with E-state index in [0.717, 1.165) is 0 Å². The van der Waals surface area contributed by atoms with Crippen LogP contribution in [0.3, 0.4) is 0 Å². The van der Waals surface area contributed by atoms with Crippen LogP contribution in [-0.4, -0.2) is 40.9 Å². The second-order valence-corrected chi connectivity index (χ2v) is 3.96. The van der Waals surface area contributed by atoms with Crippen LogP contribution in [0, 0.1) is 5.92 Å². The predicted octanol–water partition coefficient (Wildman–Crippen LogP) is 0.687. The van der Waals surface area contributed by atoms with Crippen LogP contribution >= 0.6 is 0 Å². The third-order valence-electron chi connectivity index (χ3n) is 1.78. The monoisotopic (exact) mass is 247 g/mol. The van der Waals surface area contributed by atoms with Gasteiger partial charge in [0.05, 0.1) is 6.61 Å². The molecule has 0 bridgehead atoms. The highest BCUT2D eigenvalue weighted by Crippen LogP contribution is 2.00. The van der Waals surface area contributed by atoms with Gasteiger partial charge in [-0.1, -0.05) is 13.8 Å². The molecule has 0 fully saturated rings. The summed E-state index contributed by atoms with van der Waals surface area (Å²) in [5, 5.41) is 19.3. The van der Waals surface area contributed by atoms with E-state index in [0.29, 0.717) is 0 Å². The van der Waals surface area contributed by atoms with Gasteiger partial charge in [0.1, 0.15) is 6.04 Å². The first kappa shape index (κ1) is 15.2. The summed E-state index contributed by atoms with van der Waals surface area (Å²) in [7, 11) is 0. The van der Waals surface area contributed by atoms with Gasteiger partial charge in [0.25, 0.3) is 0 Å². The Kier molecular flexibility index (Phi) is 6.69. The minimum absolute atomic E-state index is 0.142. The molecule has 1 amide bonds. The summed E-state index contributed by atoms with van der Waals surface area (Å²) in [5.74, 6) is -2.26. The highest BCUT2D eigenvalue weighted by Gasteiger charge is 2.21. The number of carboxylic acids is 2. The van der Waals surface area contributed by atoms with Crippen LogP contribution in [0.25, 0.3) is 0 Å². The van der Waals surface area contributed by atoms with Crippen LogP contribution in [0.4, 0.5) is 4.79 Å². The maximum Gasteiger partial charge on any atom is 0.407 e. The van der Waals surface area contributed by atoms with E-state index in [4.69, 9.17) is 14.9 Å². The van der Waals surface area contributed by atoms with Crippen molar-refractivity contribution in [3.05, 3.63) is 0 Å². The molecule has 0 aliphatic carbocycles. The van der Waals surface area contributed by atoms with Crippen LogP contribution in [0.15, 0.2) is 0 Å². The lowest BCUT2D eigenvalue weighted by atomic mass is 10.1. The summed E-state index contributed by atoms with van der Waals surface area (Å²) in [6.07, 6.45) is -1.36. The zero-order valence-corrected chi connectivity index (χ0v) is 9.80. The fraction of sp³-hybridized carbons (Fsp3) is 0.700. The summed E-state index contributed by atoms with van der Waals surface area (Å²) in [6.45, 7) is 3.86. The van der Waals surface area contributed by atoms with E-state index in [9.17, 15) is 14.4 Å². The Balaban J connectivity index is 4.11. The van der Waals surface area contributed by atoms with Crippen molar-refractivity contribution in [2.45, 2.75) is 32.7 Å². The van der Waals surface area contributed by atoms with Gasteiger partial charge in [-0.25, -0.2) is 9.59 Å². The number of carboxylic acid groups (broad SMARTS) is 2. The fourth-order valence-corrected chi connectivity index (χ4v) is 0.951. The standard InChI is InChI=1S/C10H17NO6/c1-6(2)5-17-10(16)11-7(9(14)15)3-4-8(12)13/h6-7H,3-5H2,1-2H3,(H,11,16)(H,12,13)(H,14,15). The number of nitrogens with one attached hydrogen (secondary N) is 1. The minimum atomic E-state index is -1.28. The van der Waals surface area contributed by atoms with Crippen molar-refractivity contribution in [1.82, 2.24) is 5.32 Å². The molecule has 98 valence electrons. The first-order chi connectivity index (χ1) is 7.82. The van der Waals surface area contributed by atoms with E-state index in [-0.39, 0.29) is 25.4 Å². The largest absolute Gasteiger partial charge is 0.481 e. The van der Waals surface area contributed by atoms with Gasteiger partial charge in [-0.05, 0) is 12.3 Å². The Morgan fingerprint density at radius 2 is 1.82 bits per heavy atom. The molecule has 0 aliphatic heterocycles. The van der Waals surface area contributed by atoms with E-state index >= 15 is 0 Å². The van der Waals surface area contributed by atoms with Crippen LogP contribution < -0.4 is 5.32 Å². The van der Waals surface area contributed by atoms with Gasteiger partial charge in [-0.3, -0.25) is 4.79 Å². The van der Waals surface area contributed by atoms with Crippen molar-refractivity contribution < 1.29 is 29.3 Å². The Labute approximate surface area is 98.8 Å². The zero-order chi connectivity index (χ0) is 13.4. The van der Waals surface area contributed by atoms with E-state index in [1.165, 1.54) is 0 Å². The summed E-state index contributed by atoms with van der Waals surface area (Å²) >= 11 is 0. The van der Waals surface area contributed by atoms with E-state index in [1.807, 2.05) is 13.8 Å². The maximum atomic E-state index is 11.2.